The average Bonchev–Trinajstić information content (AvgIpc) is 2.34. The van der Waals surface area contributed by atoms with Crippen LogP contribution in [0.2, 0.25) is 5.02 Å². The van der Waals surface area contributed by atoms with Crippen LogP contribution in [0.5, 0.6) is 0 Å². The zero-order valence-electron chi connectivity index (χ0n) is 10.7. The molecular formula is C15H14Br2ClN. The number of hydrogen-bond acceptors (Lipinski definition) is 1. The molecule has 0 aliphatic heterocycles. The molecule has 1 N–H and O–H groups in total. The Hall–Kier alpha value is -0.510. The summed E-state index contributed by atoms with van der Waals surface area (Å²) < 4.78 is 2.08. The summed E-state index contributed by atoms with van der Waals surface area (Å²) in [6.45, 7) is 4.16. The van der Waals surface area contributed by atoms with Crippen molar-refractivity contribution < 1.29 is 0 Å². The molecule has 0 fully saturated rings. The molecule has 0 radical (unpaired) electrons. The maximum absolute atomic E-state index is 6.23. The van der Waals surface area contributed by atoms with Gasteiger partial charge in [-0.2, -0.15) is 0 Å². The van der Waals surface area contributed by atoms with Crippen LogP contribution in [-0.4, -0.2) is 0 Å². The van der Waals surface area contributed by atoms with Gasteiger partial charge in [-0.3, -0.25) is 0 Å². The number of hydrogen-bond donors (Lipinski definition) is 1. The molecule has 1 nitrogen and oxygen atoms in total. The van der Waals surface area contributed by atoms with Crippen molar-refractivity contribution >= 4 is 49.1 Å². The molecule has 2 rings (SSSR count). The molecule has 0 aliphatic rings. The van der Waals surface area contributed by atoms with Crippen molar-refractivity contribution in [3.05, 3.63) is 61.5 Å². The van der Waals surface area contributed by atoms with Crippen molar-refractivity contribution in [3.8, 4) is 0 Å². The largest absolute Gasteiger partial charge is 0.377 e. The van der Waals surface area contributed by atoms with Gasteiger partial charge in [0.1, 0.15) is 0 Å². The van der Waals surface area contributed by atoms with E-state index in [1.54, 1.807) is 0 Å². The van der Waals surface area contributed by atoms with E-state index in [4.69, 9.17) is 11.6 Å². The predicted molar refractivity (Wildman–Crippen MR) is 90.1 cm³/mol. The quantitative estimate of drug-likeness (QED) is 0.630. The van der Waals surface area contributed by atoms with E-state index in [1.807, 2.05) is 24.3 Å². The van der Waals surface area contributed by atoms with Crippen molar-refractivity contribution in [2.24, 2.45) is 0 Å². The third-order valence-electron chi connectivity index (χ3n) is 2.92. The monoisotopic (exact) mass is 401 g/mol. The van der Waals surface area contributed by atoms with E-state index in [-0.39, 0.29) is 6.04 Å². The Bertz CT molecular complexity index is 575. The Balaban J connectivity index is 2.29. The van der Waals surface area contributed by atoms with E-state index in [9.17, 15) is 0 Å². The fourth-order valence-corrected chi connectivity index (χ4v) is 3.90. The van der Waals surface area contributed by atoms with Crippen LogP contribution in [0.15, 0.2) is 45.3 Å². The lowest BCUT2D eigenvalue weighted by Gasteiger charge is -2.19. The number of benzene rings is 2. The normalized spacial score (nSPS) is 12.3. The molecule has 4 heteroatoms. The summed E-state index contributed by atoms with van der Waals surface area (Å²) in [7, 11) is 0. The van der Waals surface area contributed by atoms with Crippen LogP contribution >= 0.6 is 43.5 Å². The topological polar surface area (TPSA) is 12.0 Å². The van der Waals surface area contributed by atoms with Gasteiger partial charge in [-0.25, -0.2) is 0 Å². The zero-order valence-corrected chi connectivity index (χ0v) is 14.6. The van der Waals surface area contributed by atoms with Crippen LogP contribution in [0.25, 0.3) is 0 Å². The van der Waals surface area contributed by atoms with E-state index in [0.717, 1.165) is 25.2 Å². The van der Waals surface area contributed by atoms with Crippen molar-refractivity contribution in [3.63, 3.8) is 0 Å². The van der Waals surface area contributed by atoms with Gasteiger partial charge in [0, 0.05) is 14.0 Å². The highest BCUT2D eigenvalue weighted by molar-refractivity contribution is 9.11. The fraction of sp³-hybridized carbons (Fsp3) is 0.200. The standard InChI is InChI=1S/C15H14Br2ClN/c1-9-7-12(16)15(13(17)8-9)19-10(2)11-5-3-4-6-14(11)18/h3-8,10,19H,1-2H3. The first-order valence-corrected chi connectivity index (χ1v) is 7.92. The first-order valence-electron chi connectivity index (χ1n) is 5.95. The van der Waals surface area contributed by atoms with E-state index in [1.165, 1.54) is 5.56 Å². The molecule has 100 valence electrons. The van der Waals surface area contributed by atoms with Crippen LogP contribution in [0, 0.1) is 6.92 Å². The molecule has 1 unspecified atom stereocenters. The molecule has 19 heavy (non-hydrogen) atoms. The molecule has 0 spiro atoms. The van der Waals surface area contributed by atoms with Crippen LogP contribution in [0.3, 0.4) is 0 Å². The first-order chi connectivity index (χ1) is 8.99. The molecule has 0 heterocycles. The second kappa shape index (κ2) is 6.29. The highest BCUT2D eigenvalue weighted by atomic mass is 79.9. The Morgan fingerprint density at radius 2 is 1.68 bits per heavy atom. The van der Waals surface area contributed by atoms with Gasteiger partial charge in [0.2, 0.25) is 0 Å². The molecular weight excluding hydrogens is 389 g/mol. The minimum absolute atomic E-state index is 0.129. The van der Waals surface area contributed by atoms with Gasteiger partial charge in [0.15, 0.2) is 0 Å². The smallest absolute Gasteiger partial charge is 0.0633 e. The first kappa shape index (κ1) is 14.9. The lowest BCUT2D eigenvalue weighted by atomic mass is 10.1. The lowest BCUT2D eigenvalue weighted by molar-refractivity contribution is 0.882. The van der Waals surface area contributed by atoms with Crippen LogP contribution < -0.4 is 5.32 Å². The second-order valence-electron chi connectivity index (χ2n) is 4.49. The number of anilines is 1. The van der Waals surface area contributed by atoms with Crippen molar-refractivity contribution in [1.29, 1.82) is 0 Å². The van der Waals surface area contributed by atoms with Crippen LogP contribution in [-0.2, 0) is 0 Å². The summed E-state index contributed by atoms with van der Waals surface area (Å²) in [5.74, 6) is 0. The molecule has 0 aromatic heterocycles. The minimum Gasteiger partial charge on any atom is -0.377 e. The van der Waals surface area contributed by atoms with E-state index >= 15 is 0 Å². The minimum atomic E-state index is 0.129. The third-order valence-corrected chi connectivity index (χ3v) is 4.51. The molecule has 2 aromatic carbocycles. The number of aryl methyl sites for hydroxylation is 1. The van der Waals surface area contributed by atoms with E-state index in [2.05, 4.69) is 63.2 Å². The molecule has 0 aliphatic carbocycles. The van der Waals surface area contributed by atoms with Gasteiger partial charge in [0.05, 0.1) is 11.7 Å². The second-order valence-corrected chi connectivity index (χ2v) is 6.61. The Morgan fingerprint density at radius 1 is 1.11 bits per heavy atom. The number of halogens is 3. The Morgan fingerprint density at radius 3 is 2.26 bits per heavy atom. The predicted octanol–water partition coefficient (Wildman–Crippen LogP) is 6.35. The van der Waals surface area contributed by atoms with Crippen molar-refractivity contribution in [2.75, 3.05) is 5.32 Å². The molecule has 0 amide bonds. The number of nitrogens with one attached hydrogen (secondary N) is 1. The van der Waals surface area contributed by atoms with Gasteiger partial charge in [0.25, 0.3) is 0 Å². The molecule has 0 bridgehead atoms. The van der Waals surface area contributed by atoms with Crippen LogP contribution in [0.4, 0.5) is 5.69 Å². The van der Waals surface area contributed by atoms with Gasteiger partial charge >= 0.3 is 0 Å². The van der Waals surface area contributed by atoms with Crippen molar-refractivity contribution in [1.82, 2.24) is 0 Å². The summed E-state index contributed by atoms with van der Waals surface area (Å²) in [5.41, 5.74) is 3.33. The number of rotatable bonds is 3. The maximum atomic E-state index is 6.23. The Labute approximate surface area is 135 Å². The maximum Gasteiger partial charge on any atom is 0.0633 e. The fourth-order valence-electron chi connectivity index (χ4n) is 1.96. The average molecular weight is 404 g/mol. The van der Waals surface area contributed by atoms with Gasteiger partial charge < -0.3 is 5.32 Å². The molecule has 2 aromatic rings. The SMILES string of the molecule is Cc1cc(Br)c(NC(C)c2ccccc2Cl)c(Br)c1. The van der Waals surface area contributed by atoms with Crippen molar-refractivity contribution in [2.45, 2.75) is 19.9 Å². The summed E-state index contributed by atoms with van der Waals surface area (Å²) in [5, 5.41) is 4.26. The van der Waals surface area contributed by atoms with E-state index < -0.39 is 0 Å². The summed E-state index contributed by atoms with van der Waals surface area (Å²) in [6.07, 6.45) is 0. The summed E-state index contributed by atoms with van der Waals surface area (Å²) >= 11 is 13.4. The van der Waals surface area contributed by atoms with Gasteiger partial charge in [-0.15, -0.1) is 0 Å². The molecule has 0 saturated heterocycles. The highest BCUT2D eigenvalue weighted by Gasteiger charge is 2.13. The van der Waals surface area contributed by atoms with Crippen LogP contribution in [0.1, 0.15) is 24.1 Å². The lowest BCUT2D eigenvalue weighted by Crippen LogP contribution is -2.08. The highest BCUT2D eigenvalue weighted by Crippen LogP contribution is 2.35. The Kier molecular flexibility index (Phi) is 4.93. The molecule has 0 saturated carbocycles. The third kappa shape index (κ3) is 3.53. The zero-order chi connectivity index (χ0) is 14.0. The summed E-state index contributed by atoms with van der Waals surface area (Å²) in [6, 6.07) is 12.2. The van der Waals surface area contributed by atoms with Gasteiger partial charge in [-0.1, -0.05) is 29.8 Å². The summed E-state index contributed by atoms with van der Waals surface area (Å²) in [4.78, 5) is 0. The van der Waals surface area contributed by atoms with Gasteiger partial charge in [-0.05, 0) is 75.0 Å². The molecule has 1 atom stereocenters. The van der Waals surface area contributed by atoms with E-state index in [0.29, 0.717) is 0 Å².